The molecule has 13 heteroatoms. The highest BCUT2D eigenvalue weighted by molar-refractivity contribution is 7.91. The van der Waals surface area contributed by atoms with E-state index in [-0.39, 0.29) is 61.9 Å². The van der Waals surface area contributed by atoms with Crippen LogP contribution in [0.15, 0.2) is 40.3 Å². The van der Waals surface area contributed by atoms with Gasteiger partial charge in [0.05, 0.1) is 45.0 Å². The van der Waals surface area contributed by atoms with Crippen molar-refractivity contribution < 1.29 is 21.6 Å². The number of hydrogen-bond acceptors (Lipinski definition) is 6. The number of hydrogen-bond donors (Lipinski definition) is 1. The lowest BCUT2D eigenvalue weighted by atomic mass is 10.0. The van der Waals surface area contributed by atoms with Gasteiger partial charge in [-0.15, -0.1) is 0 Å². The van der Waals surface area contributed by atoms with E-state index < -0.39 is 27.1 Å². The quantitative estimate of drug-likeness (QED) is 0.427. The predicted molar refractivity (Wildman–Crippen MR) is 142 cm³/mol. The largest absolute Gasteiger partial charge is 0.416 e. The maximum atomic E-state index is 14.2. The van der Waals surface area contributed by atoms with Gasteiger partial charge in [-0.1, -0.05) is 30.1 Å². The first-order valence-electron chi connectivity index (χ1n) is 12.0. The van der Waals surface area contributed by atoms with Gasteiger partial charge >= 0.3 is 6.18 Å². The van der Waals surface area contributed by atoms with E-state index in [9.17, 15) is 26.4 Å². The second-order valence-electron chi connectivity index (χ2n) is 9.31. The molecule has 0 radical (unpaired) electrons. The smallest absolute Gasteiger partial charge is 0.316 e. The van der Waals surface area contributed by atoms with Crippen molar-refractivity contribution >= 4 is 43.9 Å². The van der Waals surface area contributed by atoms with E-state index >= 15 is 0 Å². The zero-order valence-corrected chi connectivity index (χ0v) is 23.1. The predicted octanol–water partition coefficient (Wildman–Crippen LogP) is 4.75. The van der Waals surface area contributed by atoms with Crippen LogP contribution in [0.3, 0.4) is 0 Å². The van der Waals surface area contributed by atoms with E-state index in [0.717, 1.165) is 29.8 Å². The van der Waals surface area contributed by atoms with E-state index in [1.165, 1.54) is 25.1 Å². The molecule has 1 aliphatic rings. The minimum absolute atomic E-state index is 0.0119. The van der Waals surface area contributed by atoms with E-state index in [1.807, 2.05) is 11.9 Å². The van der Waals surface area contributed by atoms with E-state index in [0.29, 0.717) is 13.1 Å². The van der Waals surface area contributed by atoms with Crippen molar-refractivity contribution in [3.05, 3.63) is 67.7 Å². The van der Waals surface area contributed by atoms with Gasteiger partial charge in [0.15, 0.2) is 9.84 Å². The molecule has 0 bridgehead atoms. The fourth-order valence-corrected chi connectivity index (χ4v) is 6.41. The second-order valence-corrected chi connectivity index (χ2v) is 12.4. The summed E-state index contributed by atoms with van der Waals surface area (Å²) in [5.74, 6) is -0.175. The van der Waals surface area contributed by atoms with Gasteiger partial charge in [0.25, 0.3) is 5.56 Å². The van der Waals surface area contributed by atoms with Gasteiger partial charge in [0.2, 0.25) is 0 Å². The van der Waals surface area contributed by atoms with Crippen LogP contribution < -0.4 is 10.9 Å². The average Bonchev–Trinajstić information content (AvgIpc) is 2.86. The van der Waals surface area contributed by atoms with Crippen molar-refractivity contribution in [2.75, 3.05) is 25.9 Å². The molecule has 1 aromatic heterocycles. The first-order valence-corrected chi connectivity index (χ1v) is 14.4. The minimum Gasteiger partial charge on any atom is -0.316 e. The van der Waals surface area contributed by atoms with Crippen LogP contribution in [-0.2, 0) is 29.1 Å². The van der Waals surface area contributed by atoms with Crippen LogP contribution in [0, 0.1) is 0 Å². The van der Waals surface area contributed by atoms with Crippen LogP contribution in [0.2, 0.25) is 10.0 Å². The monoisotopic (exact) mass is 590 g/mol. The number of nitrogens with zero attached hydrogens (tertiary/aromatic N) is 3. The number of aromatic nitrogens is 2. The first-order chi connectivity index (χ1) is 17.9. The van der Waals surface area contributed by atoms with E-state index in [4.69, 9.17) is 23.2 Å². The summed E-state index contributed by atoms with van der Waals surface area (Å²) < 4.78 is 68.8. The zero-order valence-electron chi connectivity index (χ0n) is 20.8. The SMILES string of the molecule is CCS(=O)(=O)c1ccc(Cl)cc1Cn1cnc2c(Cl)c(CN3CCC[C@H](NC)C3)c(C(F)(F)F)cc2c1=O. The number of likely N-dealkylation sites (N-methyl/N-ethyl adjacent to an activating group) is 1. The summed E-state index contributed by atoms with van der Waals surface area (Å²) in [6.45, 7) is 2.39. The lowest BCUT2D eigenvalue weighted by Crippen LogP contribution is -2.44. The second kappa shape index (κ2) is 11.1. The van der Waals surface area contributed by atoms with Gasteiger partial charge in [0.1, 0.15) is 0 Å². The number of likely N-dealkylation sites (tertiary alicyclic amines) is 1. The first kappa shape index (κ1) is 28.8. The normalized spacial score (nSPS) is 17.3. The lowest BCUT2D eigenvalue weighted by molar-refractivity contribution is -0.138. The number of sulfone groups is 1. The van der Waals surface area contributed by atoms with Gasteiger partial charge < -0.3 is 5.32 Å². The van der Waals surface area contributed by atoms with Crippen molar-refractivity contribution in [1.29, 1.82) is 0 Å². The third-order valence-electron chi connectivity index (χ3n) is 6.84. The molecular formula is C25H27Cl2F3N4O3S. The summed E-state index contributed by atoms with van der Waals surface area (Å²) in [5, 5.41) is 2.89. The molecule has 0 amide bonds. The van der Waals surface area contributed by atoms with E-state index in [2.05, 4.69) is 10.3 Å². The Balaban J connectivity index is 1.82. The Morgan fingerprint density at radius 2 is 1.92 bits per heavy atom. The highest BCUT2D eigenvalue weighted by atomic mass is 35.5. The Morgan fingerprint density at radius 1 is 1.18 bits per heavy atom. The van der Waals surface area contributed by atoms with Crippen molar-refractivity contribution in [2.45, 2.75) is 50.0 Å². The summed E-state index contributed by atoms with van der Waals surface area (Å²) >= 11 is 12.6. The molecule has 2 heterocycles. The molecule has 1 fully saturated rings. The molecule has 4 rings (SSSR count). The maximum Gasteiger partial charge on any atom is 0.416 e. The van der Waals surface area contributed by atoms with Gasteiger partial charge in [-0.3, -0.25) is 14.3 Å². The number of alkyl halides is 3. The Morgan fingerprint density at radius 3 is 2.58 bits per heavy atom. The summed E-state index contributed by atoms with van der Waals surface area (Å²) in [4.78, 5) is 19.5. The average molecular weight is 591 g/mol. The third kappa shape index (κ3) is 5.86. The molecule has 38 heavy (non-hydrogen) atoms. The number of nitrogens with one attached hydrogen (secondary N) is 1. The van der Waals surface area contributed by atoms with Gasteiger partial charge in [-0.05, 0) is 61.8 Å². The number of rotatable bonds is 7. The lowest BCUT2D eigenvalue weighted by Gasteiger charge is -2.33. The molecule has 0 aliphatic carbocycles. The van der Waals surface area contributed by atoms with E-state index in [1.54, 1.807) is 0 Å². The Labute approximate surface area is 228 Å². The van der Waals surface area contributed by atoms with Crippen LogP contribution in [0.1, 0.15) is 36.5 Å². The van der Waals surface area contributed by atoms with Gasteiger partial charge in [0, 0.05) is 24.2 Å². The molecular weight excluding hydrogens is 564 g/mol. The number of fused-ring (bicyclic) bond motifs is 1. The Kier molecular flexibility index (Phi) is 8.44. The minimum atomic E-state index is -4.76. The molecule has 1 atom stereocenters. The van der Waals surface area contributed by atoms with Crippen molar-refractivity contribution in [3.63, 3.8) is 0 Å². The van der Waals surface area contributed by atoms with Crippen molar-refractivity contribution in [3.8, 4) is 0 Å². The summed E-state index contributed by atoms with van der Waals surface area (Å²) in [5.41, 5.74) is -1.70. The summed E-state index contributed by atoms with van der Waals surface area (Å²) in [6, 6.07) is 5.14. The Bertz CT molecular complexity index is 1530. The molecule has 1 N–H and O–H groups in total. The molecule has 1 aliphatic heterocycles. The molecule has 7 nitrogen and oxygen atoms in total. The standard InChI is InChI=1S/C25H27Cl2F3N4O3S/c1-3-38(36,37)21-7-6-16(26)9-15(21)11-34-14-32-23-18(24(34)35)10-20(25(28,29)30)19(22(23)27)13-33-8-4-5-17(12-33)31-2/h6-7,9-10,14,17,31H,3-5,8,11-13H2,1-2H3/t17-/m0/s1. The molecule has 2 aromatic carbocycles. The van der Waals surface area contributed by atoms with Crippen LogP contribution in [0.25, 0.3) is 10.9 Å². The number of piperidine rings is 1. The van der Waals surface area contributed by atoms with Gasteiger partial charge in [-0.25, -0.2) is 13.4 Å². The fourth-order valence-electron chi connectivity index (χ4n) is 4.80. The summed E-state index contributed by atoms with van der Waals surface area (Å²) in [6.07, 6.45) is -1.83. The number of benzene rings is 2. The molecule has 3 aromatic rings. The molecule has 0 unspecified atom stereocenters. The van der Waals surface area contributed by atoms with Crippen LogP contribution in [-0.4, -0.2) is 54.8 Å². The highest BCUT2D eigenvalue weighted by Crippen LogP contribution is 2.39. The zero-order chi connectivity index (χ0) is 27.8. The topological polar surface area (TPSA) is 84.3 Å². The highest BCUT2D eigenvalue weighted by Gasteiger charge is 2.36. The van der Waals surface area contributed by atoms with Crippen LogP contribution >= 0.6 is 23.2 Å². The molecule has 0 spiro atoms. The third-order valence-corrected chi connectivity index (χ3v) is 9.31. The maximum absolute atomic E-state index is 14.2. The van der Waals surface area contributed by atoms with Crippen molar-refractivity contribution in [1.82, 2.24) is 19.8 Å². The van der Waals surface area contributed by atoms with Crippen LogP contribution in [0.4, 0.5) is 13.2 Å². The molecule has 206 valence electrons. The summed E-state index contributed by atoms with van der Waals surface area (Å²) in [7, 11) is -1.84. The van der Waals surface area contributed by atoms with Crippen LogP contribution in [0.5, 0.6) is 0 Å². The van der Waals surface area contributed by atoms with Crippen molar-refractivity contribution in [2.24, 2.45) is 0 Å². The molecule has 0 saturated carbocycles. The van der Waals surface area contributed by atoms with Gasteiger partial charge in [-0.2, -0.15) is 13.2 Å². The number of halogens is 5. The Hall–Kier alpha value is -2.18. The fraction of sp³-hybridized carbons (Fsp3) is 0.440. The molecule has 1 saturated heterocycles.